The number of rotatable bonds is 6. The first-order valence-corrected chi connectivity index (χ1v) is 9.17. The Hall–Kier alpha value is -2.26. The second kappa shape index (κ2) is 8.21. The van der Waals surface area contributed by atoms with Gasteiger partial charge in [-0.1, -0.05) is 48.5 Å². The zero-order chi connectivity index (χ0) is 17.6. The molecule has 0 atom stereocenters. The van der Waals surface area contributed by atoms with E-state index in [-0.39, 0.29) is 0 Å². The van der Waals surface area contributed by atoms with Gasteiger partial charge in [0.1, 0.15) is 12.4 Å². The molecule has 128 valence electrons. The Labute approximate surface area is 158 Å². The Morgan fingerprint density at radius 2 is 1.68 bits per heavy atom. The molecular weight excluding hydrogens is 374 g/mol. The van der Waals surface area contributed by atoms with Crippen LogP contribution in [0.1, 0.15) is 22.3 Å². The third-order valence-corrected chi connectivity index (χ3v) is 4.73. The molecule has 0 saturated heterocycles. The van der Waals surface area contributed by atoms with Crippen molar-refractivity contribution in [3.05, 3.63) is 93.5 Å². The topological polar surface area (TPSA) is 21.3 Å². The molecule has 0 bridgehead atoms. The Bertz CT molecular complexity index is 846. The van der Waals surface area contributed by atoms with Crippen LogP contribution in [0.3, 0.4) is 0 Å². The van der Waals surface area contributed by atoms with Crippen molar-refractivity contribution in [3.8, 4) is 5.75 Å². The van der Waals surface area contributed by atoms with Gasteiger partial charge in [0.15, 0.2) is 0 Å². The predicted octanol–water partition coefficient (Wildman–Crippen LogP) is 6.26. The quantitative estimate of drug-likeness (QED) is 0.531. The van der Waals surface area contributed by atoms with Crippen LogP contribution in [0.5, 0.6) is 5.75 Å². The number of benzene rings is 3. The van der Waals surface area contributed by atoms with Crippen molar-refractivity contribution in [1.82, 2.24) is 0 Å². The summed E-state index contributed by atoms with van der Waals surface area (Å²) >= 11 is 3.62. The Balaban J connectivity index is 1.62. The smallest absolute Gasteiger partial charge is 0.134 e. The van der Waals surface area contributed by atoms with E-state index < -0.39 is 0 Å². The van der Waals surface area contributed by atoms with Gasteiger partial charge < -0.3 is 10.1 Å². The number of ether oxygens (including phenoxy) is 1. The summed E-state index contributed by atoms with van der Waals surface area (Å²) in [6.45, 7) is 5.58. The lowest BCUT2D eigenvalue weighted by Crippen LogP contribution is -2.02. The van der Waals surface area contributed by atoms with Gasteiger partial charge in [-0.05, 0) is 70.2 Å². The fraction of sp³-hybridized carbons (Fsp3) is 0.182. The van der Waals surface area contributed by atoms with Gasteiger partial charge in [0.2, 0.25) is 0 Å². The van der Waals surface area contributed by atoms with E-state index in [4.69, 9.17) is 4.74 Å². The van der Waals surface area contributed by atoms with E-state index in [9.17, 15) is 0 Å². The van der Waals surface area contributed by atoms with E-state index >= 15 is 0 Å². The lowest BCUT2D eigenvalue weighted by atomic mass is 10.1. The van der Waals surface area contributed by atoms with Crippen molar-refractivity contribution >= 4 is 21.6 Å². The summed E-state index contributed by atoms with van der Waals surface area (Å²) in [4.78, 5) is 0. The molecule has 0 aliphatic heterocycles. The number of nitrogens with one attached hydrogen (secondary N) is 1. The normalized spacial score (nSPS) is 10.5. The minimum Gasteiger partial charge on any atom is -0.488 e. The van der Waals surface area contributed by atoms with Gasteiger partial charge in [0, 0.05) is 12.2 Å². The third kappa shape index (κ3) is 4.86. The number of halogens is 1. The van der Waals surface area contributed by atoms with Crippen molar-refractivity contribution in [2.24, 2.45) is 0 Å². The highest BCUT2D eigenvalue weighted by Gasteiger charge is 2.05. The van der Waals surface area contributed by atoms with E-state index in [1.807, 2.05) is 24.3 Å². The maximum Gasteiger partial charge on any atom is 0.134 e. The first-order chi connectivity index (χ1) is 12.1. The van der Waals surface area contributed by atoms with Gasteiger partial charge in [0.25, 0.3) is 0 Å². The first kappa shape index (κ1) is 17.6. The monoisotopic (exact) mass is 395 g/mol. The van der Waals surface area contributed by atoms with Crippen LogP contribution in [-0.4, -0.2) is 0 Å². The number of anilines is 1. The average Bonchev–Trinajstić information content (AvgIpc) is 2.62. The molecule has 2 nitrogen and oxygen atoms in total. The SMILES string of the molecule is Cc1ccc(C)c(NCc2ccc(OCc3ccccc3)c(Br)c2)c1. The van der Waals surface area contributed by atoms with E-state index in [0.717, 1.165) is 22.3 Å². The molecule has 3 aromatic rings. The highest BCUT2D eigenvalue weighted by atomic mass is 79.9. The lowest BCUT2D eigenvalue weighted by molar-refractivity contribution is 0.304. The molecule has 0 radical (unpaired) electrons. The molecule has 25 heavy (non-hydrogen) atoms. The highest BCUT2D eigenvalue weighted by molar-refractivity contribution is 9.10. The van der Waals surface area contributed by atoms with Gasteiger partial charge in [-0.3, -0.25) is 0 Å². The molecule has 0 unspecified atom stereocenters. The summed E-state index contributed by atoms with van der Waals surface area (Å²) in [6, 6.07) is 22.9. The molecule has 0 amide bonds. The molecular formula is C22H22BrNO. The first-order valence-electron chi connectivity index (χ1n) is 8.38. The molecule has 0 aliphatic rings. The third-order valence-electron chi connectivity index (χ3n) is 4.11. The van der Waals surface area contributed by atoms with E-state index in [1.54, 1.807) is 0 Å². The average molecular weight is 396 g/mol. The van der Waals surface area contributed by atoms with Crippen LogP contribution in [0.4, 0.5) is 5.69 Å². The molecule has 0 fully saturated rings. The van der Waals surface area contributed by atoms with Crippen molar-refractivity contribution < 1.29 is 4.74 Å². The van der Waals surface area contributed by atoms with Crippen molar-refractivity contribution in [3.63, 3.8) is 0 Å². The zero-order valence-corrected chi connectivity index (χ0v) is 16.1. The second-order valence-corrected chi connectivity index (χ2v) is 7.07. The van der Waals surface area contributed by atoms with Crippen LogP contribution in [-0.2, 0) is 13.2 Å². The maximum absolute atomic E-state index is 5.91. The van der Waals surface area contributed by atoms with Gasteiger partial charge in [-0.15, -0.1) is 0 Å². The van der Waals surface area contributed by atoms with Gasteiger partial charge >= 0.3 is 0 Å². The van der Waals surface area contributed by atoms with E-state index in [1.165, 1.54) is 22.4 Å². The summed E-state index contributed by atoms with van der Waals surface area (Å²) in [6.07, 6.45) is 0. The summed E-state index contributed by atoms with van der Waals surface area (Å²) in [5.41, 5.74) is 6.07. The molecule has 3 aromatic carbocycles. The number of hydrogen-bond acceptors (Lipinski definition) is 2. The number of hydrogen-bond donors (Lipinski definition) is 1. The molecule has 0 saturated carbocycles. The Morgan fingerprint density at radius 3 is 2.44 bits per heavy atom. The van der Waals surface area contributed by atoms with Crippen LogP contribution in [0.2, 0.25) is 0 Å². The van der Waals surface area contributed by atoms with Crippen molar-refractivity contribution in [2.75, 3.05) is 5.32 Å². The highest BCUT2D eigenvalue weighted by Crippen LogP contribution is 2.27. The molecule has 3 rings (SSSR count). The molecule has 0 aromatic heterocycles. The van der Waals surface area contributed by atoms with Crippen molar-refractivity contribution in [1.29, 1.82) is 0 Å². The standard InChI is InChI=1S/C22H22BrNO/c1-16-8-9-17(2)21(12-16)24-14-19-10-11-22(20(23)13-19)25-15-18-6-4-3-5-7-18/h3-13,24H,14-15H2,1-2H3. The Kier molecular flexibility index (Phi) is 5.77. The molecule has 1 N–H and O–H groups in total. The van der Waals surface area contributed by atoms with Gasteiger partial charge in [-0.2, -0.15) is 0 Å². The van der Waals surface area contributed by atoms with Gasteiger partial charge in [0.05, 0.1) is 4.47 Å². The second-order valence-electron chi connectivity index (χ2n) is 6.21. The summed E-state index contributed by atoms with van der Waals surface area (Å²) in [5, 5.41) is 3.51. The summed E-state index contributed by atoms with van der Waals surface area (Å²) < 4.78 is 6.88. The minimum atomic E-state index is 0.569. The summed E-state index contributed by atoms with van der Waals surface area (Å²) in [7, 11) is 0. The molecule has 0 aliphatic carbocycles. The lowest BCUT2D eigenvalue weighted by Gasteiger charge is -2.13. The zero-order valence-electron chi connectivity index (χ0n) is 14.6. The molecule has 0 spiro atoms. The van der Waals surface area contributed by atoms with Crippen LogP contribution in [0.15, 0.2) is 71.2 Å². The van der Waals surface area contributed by atoms with Crippen molar-refractivity contribution in [2.45, 2.75) is 27.0 Å². The van der Waals surface area contributed by atoms with Crippen LogP contribution in [0, 0.1) is 13.8 Å². The van der Waals surface area contributed by atoms with Crippen LogP contribution < -0.4 is 10.1 Å². The molecule has 0 heterocycles. The molecule has 3 heteroatoms. The fourth-order valence-electron chi connectivity index (χ4n) is 2.63. The van der Waals surface area contributed by atoms with Crippen LogP contribution >= 0.6 is 15.9 Å². The van der Waals surface area contributed by atoms with E-state index in [0.29, 0.717) is 6.61 Å². The summed E-state index contributed by atoms with van der Waals surface area (Å²) in [5.74, 6) is 0.860. The largest absolute Gasteiger partial charge is 0.488 e. The number of aryl methyl sites for hydroxylation is 2. The maximum atomic E-state index is 5.91. The predicted molar refractivity (Wildman–Crippen MR) is 108 cm³/mol. The fourth-order valence-corrected chi connectivity index (χ4v) is 3.17. The Morgan fingerprint density at radius 1 is 0.880 bits per heavy atom. The van der Waals surface area contributed by atoms with E-state index in [2.05, 4.69) is 77.6 Å². The minimum absolute atomic E-state index is 0.569. The van der Waals surface area contributed by atoms with Crippen LogP contribution in [0.25, 0.3) is 0 Å². The van der Waals surface area contributed by atoms with Gasteiger partial charge in [-0.25, -0.2) is 0 Å².